The topological polar surface area (TPSA) is 47.0 Å². The van der Waals surface area contributed by atoms with Crippen LogP contribution in [0.1, 0.15) is 5.56 Å². The maximum atomic E-state index is 12.8. The molecule has 0 fully saturated rings. The van der Waals surface area contributed by atoms with Crippen LogP contribution in [0, 0.1) is 0 Å². The average molecular weight is 400 g/mol. The van der Waals surface area contributed by atoms with E-state index in [0.29, 0.717) is 5.69 Å². The minimum atomic E-state index is -4.45. The van der Waals surface area contributed by atoms with Crippen LogP contribution >= 0.6 is 23.2 Å². The Labute approximate surface area is 156 Å². The molecule has 0 spiro atoms. The van der Waals surface area contributed by atoms with Gasteiger partial charge in [0.1, 0.15) is 16.7 Å². The summed E-state index contributed by atoms with van der Waals surface area (Å²) < 4.78 is 43.7. The summed E-state index contributed by atoms with van der Waals surface area (Å²) in [5.74, 6) is 0.518. The maximum absolute atomic E-state index is 12.8. The zero-order valence-electron chi connectivity index (χ0n) is 12.9. The fourth-order valence-electron chi connectivity index (χ4n) is 2.05. The molecule has 1 heterocycles. The molecule has 1 aromatic heterocycles. The lowest BCUT2D eigenvalue weighted by atomic mass is 10.2. The molecule has 0 saturated heterocycles. The fourth-order valence-corrected chi connectivity index (χ4v) is 2.41. The molecule has 3 rings (SSSR count). The van der Waals surface area contributed by atoms with E-state index in [-0.39, 0.29) is 27.6 Å². The molecule has 0 atom stereocenters. The molecule has 0 aliphatic carbocycles. The summed E-state index contributed by atoms with van der Waals surface area (Å²) in [6.45, 7) is 0. The number of rotatable bonds is 4. The largest absolute Gasteiger partial charge is 0.456 e. The molecule has 0 saturated carbocycles. The van der Waals surface area contributed by atoms with Crippen LogP contribution < -0.4 is 10.1 Å². The van der Waals surface area contributed by atoms with Crippen LogP contribution in [0.5, 0.6) is 11.5 Å². The van der Waals surface area contributed by atoms with Gasteiger partial charge in [-0.05, 0) is 42.5 Å². The van der Waals surface area contributed by atoms with Crippen LogP contribution in [0.15, 0.2) is 54.7 Å². The minimum absolute atomic E-state index is 0.0283. The quantitative estimate of drug-likeness (QED) is 0.520. The van der Waals surface area contributed by atoms with Gasteiger partial charge >= 0.3 is 6.18 Å². The second-order valence-electron chi connectivity index (χ2n) is 5.10. The third kappa shape index (κ3) is 4.56. The summed E-state index contributed by atoms with van der Waals surface area (Å²) in [7, 11) is 0. The number of halogens is 5. The highest BCUT2D eigenvalue weighted by atomic mass is 35.5. The number of nitrogens with zero attached hydrogens (tertiary/aromatic N) is 2. The number of hydrogen-bond donors (Lipinski definition) is 1. The van der Waals surface area contributed by atoms with Gasteiger partial charge in [0, 0.05) is 11.9 Å². The van der Waals surface area contributed by atoms with Gasteiger partial charge in [-0.15, -0.1) is 0 Å². The van der Waals surface area contributed by atoms with Crippen molar-refractivity contribution in [2.75, 3.05) is 5.32 Å². The van der Waals surface area contributed by atoms with Crippen LogP contribution in [0.4, 0.5) is 24.8 Å². The highest BCUT2D eigenvalue weighted by Gasteiger charge is 2.30. The molecule has 0 radical (unpaired) electrons. The Morgan fingerprint density at radius 1 is 1.00 bits per heavy atom. The van der Waals surface area contributed by atoms with Crippen LogP contribution in [0.3, 0.4) is 0 Å². The molecule has 9 heteroatoms. The van der Waals surface area contributed by atoms with Crippen molar-refractivity contribution in [1.29, 1.82) is 0 Å². The number of alkyl halides is 3. The monoisotopic (exact) mass is 399 g/mol. The SMILES string of the molecule is FC(F)(F)c1cccc(Oc2ccc(Nc3nccc(Cl)n3)cc2Cl)c1. The van der Waals surface area contributed by atoms with Crippen LogP contribution in [0.25, 0.3) is 0 Å². The van der Waals surface area contributed by atoms with E-state index in [9.17, 15) is 13.2 Å². The molecule has 0 unspecified atom stereocenters. The van der Waals surface area contributed by atoms with Gasteiger partial charge in [-0.2, -0.15) is 13.2 Å². The van der Waals surface area contributed by atoms with E-state index in [1.165, 1.54) is 36.5 Å². The first kappa shape index (κ1) is 18.3. The Morgan fingerprint density at radius 2 is 1.81 bits per heavy atom. The van der Waals surface area contributed by atoms with Crippen molar-refractivity contribution in [2.45, 2.75) is 6.18 Å². The van der Waals surface area contributed by atoms with E-state index in [4.69, 9.17) is 27.9 Å². The Morgan fingerprint density at radius 3 is 2.50 bits per heavy atom. The second kappa shape index (κ2) is 7.39. The van der Waals surface area contributed by atoms with Crippen molar-refractivity contribution in [3.05, 3.63) is 70.5 Å². The average Bonchev–Trinajstić information content (AvgIpc) is 2.57. The van der Waals surface area contributed by atoms with Crippen molar-refractivity contribution < 1.29 is 17.9 Å². The predicted molar refractivity (Wildman–Crippen MR) is 93.3 cm³/mol. The van der Waals surface area contributed by atoms with Crippen molar-refractivity contribution in [2.24, 2.45) is 0 Å². The standard InChI is InChI=1S/C17H10Cl2F3N3O/c18-13-9-11(24-16-23-7-6-15(19)25-16)4-5-14(13)26-12-3-1-2-10(8-12)17(20,21)22/h1-9H,(H,23,24,25). The number of aromatic nitrogens is 2. The summed E-state index contributed by atoms with van der Waals surface area (Å²) in [5.41, 5.74) is -0.240. The third-order valence-corrected chi connectivity index (χ3v) is 3.70. The lowest BCUT2D eigenvalue weighted by Gasteiger charge is -2.12. The Balaban J connectivity index is 1.78. The number of hydrogen-bond acceptors (Lipinski definition) is 4. The number of ether oxygens (including phenoxy) is 1. The molecule has 0 aliphatic heterocycles. The van der Waals surface area contributed by atoms with Gasteiger partial charge in [0.05, 0.1) is 10.6 Å². The summed E-state index contributed by atoms with van der Waals surface area (Å²) in [4.78, 5) is 7.98. The Hall–Kier alpha value is -2.51. The summed E-state index contributed by atoms with van der Waals surface area (Å²) in [5, 5.41) is 3.39. The first-order valence-electron chi connectivity index (χ1n) is 7.21. The molecule has 26 heavy (non-hydrogen) atoms. The number of benzene rings is 2. The Kier molecular flexibility index (Phi) is 5.20. The molecule has 3 aromatic rings. The van der Waals surface area contributed by atoms with Crippen molar-refractivity contribution in [1.82, 2.24) is 9.97 Å². The minimum Gasteiger partial charge on any atom is -0.456 e. The lowest BCUT2D eigenvalue weighted by Crippen LogP contribution is -2.04. The molecule has 134 valence electrons. The van der Waals surface area contributed by atoms with Gasteiger partial charge in [-0.1, -0.05) is 29.3 Å². The van der Waals surface area contributed by atoms with Gasteiger partial charge in [-0.3, -0.25) is 0 Å². The van der Waals surface area contributed by atoms with E-state index < -0.39 is 11.7 Å². The predicted octanol–water partition coefficient (Wildman–Crippen LogP) is 6.34. The van der Waals surface area contributed by atoms with Gasteiger partial charge in [0.15, 0.2) is 0 Å². The molecule has 0 amide bonds. The number of anilines is 2. The molecule has 0 aliphatic rings. The first-order valence-corrected chi connectivity index (χ1v) is 7.97. The molecule has 4 nitrogen and oxygen atoms in total. The van der Waals surface area contributed by atoms with Crippen LogP contribution in [-0.4, -0.2) is 9.97 Å². The van der Waals surface area contributed by atoms with Crippen LogP contribution in [-0.2, 0) is 6.18 Å². The van der Waals surface area contributed by atoms with Crippen molar-refractivity contribution in [3.8, 4) is 11.5 Å². The smallest absolute Gasteiger partial charge is 0.416 e. The summed E-state index contributed by atoms with van der Waals surface area (Å²) in [6.07, 6.45) is -2.96. The lowest BCUT2D eigenvalue weighted by molar-refractivity contribution is -0.137. The molecule has 2 aromatic carbocycles. The van der Waals surface area contributed by atoms with E-state index in [1.54, 1.807) is 6.07 Å². The van der Waals surface area contributed by atoms with Crippen molar-refractivity contribution in [3.63, 3.8) is 0 Å². The second-order valence-corrected chi connectivity index (χ2v) is 5.90. The fraction of sp³-hybridized carbons (Fsp3) is 0.0588. The van der Waals surface area contributed by atoms with Gasteiger partial charge in [-0.25, -0.2) is 9.97 Å². The van der Waals surface area contributed by atoms with Crippen LogP contribution in [0.2, 0.25) is 10.2 Å². The Bertz CT molecular complexity index is 935. The van der Waals surface area contributed by atoms with E-state index in [2.05, 4.69) is 15.3 Å². The van der Waals surface area contributed by atoms with Crippen molar-refractivity contribution >= 4 is 34.8 Å². The zero-order chi connectivity index (χ0) is 18.7. The van der Waals surface area contributed by atoms with Gasteiger partial charge in [0.2, 0.25) is 5.95 Å². The maximum Gasteiger partial charge on any atom is 0.416 e. The number of nitrogens with one attached hydrogen (secondary N) is 1. The van der Waals surface area contributed by atoms with E-state index >= 15 is 0 Å². The van der Waals surface area contributed by atoms with E-state index in [0.717, 1.165) is 12.1 Å². The molecular weight excluding hydrogens is 390 g/mol. The molecular formula is C17H10Cl2F3N3O. The van der Waals surface area contributed by atoms with Gasteiger partial charge < -0.3 is 10.1 Å². The normalized spacial score (nSPS) is 11.3. The first-order chi connectivity index (χ1) is 12.3. The van der Waals surface area contributed by atoms with E-state index in [1.807, 2.05) is 0 Å². The molecule has 0 bridgehead atoms. The zero-order valence-corrected chi connectivity index (χ0v) is 14.4. The highest BCUT2D eigenvalue weighted by molar-refractivity contribution is 6.32. The molecule has 1 N–H and O–H groups in total. The highest BCUT2D eigenvalue weighted by Crippen LogP contribution is 2.35. The van der Waals surface area contributed by atoms with Gasteiger partial charge in [0.25, 0.3) is 0 Å². The third-order valence-electron chi connectivity index (χ3n) is 3.20. The summed E-state index contributed by atoms with van der Waals surface area (Å²) >= 11 is 11.9. The summed E-state index contributed by atoms with van der Waals surface area (Å²) in [6, 6.07) is 10.8.